The molecule has 0 aliphatic heterocycles. The van der Waals surface area contributed by atoms with Crippen molar-refractivity contribution in [1.82, 2.24) is 15.5 Å². The average Bonchev–Trinajstić information content (AvgIpc) is 2.62. The Labute approximate surface area is 182 Å². The van der Waals surface area contributed by atoms with Crippen LogP contribution in [0.25, 0.3) is 0 Å². The van der Waals surface area contributed by atoms with Crippen LogP contribution in [0.15, 0.2) is 23.2 Å². The van der Waals surface area contributed by atoms with Gasteiger partial charge < -0.3 is 25.0 Å². The molecule has 6 nitrogen and oxygen atoms in total. The summed E-state index contributed by atoms with van der Waals surface area (Å²) in [4.78, 5) is 6.98. The zero-order chi connectivity index (χ0) is 19.2. The molecule has 0 amide bonds. The highest BCUT2D eigenvalue weighted by Crippen LogP contribution is 2.21. The minimum absolute atomic E-state index is 0. The second-order valence-corrected chi connectivity index (χ2v) is 6.32. The van der Waals surface area contributed by atoms with E-state index >= 15 is 0 Å². The molecule has 0 heterocycles. The molecule has 0 bridgehead atoms. The van der Waals surface area contributed by atoms with E-state index in [0.717, 1.165) is 56.5 Å². The number of halogens is 1. The van der Waals surface area contributed by atoms with Crippen molar-refractivity contribution in [2.45, 2.75) is 33.7 Å². The van der Waals surface area contributed by atoms with Gasteiger partial charge in [0.05, 0.1) is 19.8 Å². The molecule has 1 aromatic rings. The summed E-state index contributed by atoms with van der Waals surface area (Å²) in [5.41, 5.74) is 2.30. The highest BCUT2D eigenvalue weighted by Gasteiger charge is 2.05. The maximum Gasteiger partial charge on any atom is 0.191 e. The number of aryl methyl sites for hydroxylation is 1. The predicted octanol–water partition coefficient (Wildman–Crippen LogP) is 3.04. The minimum atomic E-state index is 0. The van der Waals surface area contributed by atoms with Gasteiger partial charge in [0.1, 0.15) is 5.75 Å². The molecule has 0 radical (unpaired) electrons. The van der Waals surface area contributed by atoms with Crippen LogP contribution in [0.3, 0.4) is 0 Å². The lowest BCUT2D eigenvalue weighted by atomic mass is 10.1. The number of hydrogen-bond donors (Lipinski definition) is 2. The van der Waals surface area contributed by atoms with Gasteiger partial charge in [0.15, 0.2) is 5.96 Å². The van der Waals surface area contributed by atoms with Crippen LogP contribution in [0.1, 0.15) is 31.4 Å². The number of likely N-dealkylation sites (N-methyl/N-ethyl adjacent to an activating group) is 1. The molecule has 7 heteroatoms. The molecule has 2 N–H and O–H groups in total. The number of benzene rings is 1. The fourth-order valence-electron chi connectivity index (χ4n) is 2.50. The predicted molar refractivity (Wildman–Crippen MR) is 125 cm³/mol. The molecule has 1 rings (SSSR count). The molecular weight excluding hydrogens is 455 g/mol. The first-order valence-electron chi connectivity index (χ1n) is 9.52. The van der Waals surface area contributed by atoms with E-state index in [4.69, 9.17) is 14.5 Å². The van der Waals surface area contributed by atoms with E-state index in [-0.39, 0.29) is 24.0 Å². The van der Waals surface area contributed by atoms with Crippen LogP contribution >= 0.6 is 24.0 Å². The first-order chi connectivity index (χ1) is 12.6. The summed E-state index contributed by atoms with van der Waals surface area (Å²) < 4.78 is 10.8. The number of nitrogens with one attached hydrogen (secondary N) is 2. The van der Waals surface area contributed by atoms with Gasteiger partial charge in [0, 0.05) is 32.3 Å². The monoisotopic (exact) mass is 492 g/mol. The number of nitrogens with zero attached hydrogens (tertiary/aromatic N) is 2. The third-order valence-electron chi connectivity index (χ3n) is 3.96. The van der Waals surface area contributed by atoms with Gasteiger partial charge in [0.2, 0.25) is 0 Å². The second-order valence-electron chi connectivity index (χ2n) is 6.32. The molecule has 0 aliphatic carbocycles. The van der Waals surface area contributed by atoms with Gasteiger partial charge in [-0.1, -0.05) is 12.1 Å². The Morgan fingerprint density at radius 2 is 1.96 bits per heavy atom. The summed E-state index contributed by atoms with van der Waals surface area (Å²) in [6.45, 7) is 11.9. The Kier molecular flexibility index (Phi) is 15.3. The third-order valence-corrected chi connectivity index (χ3v) is 3.96. The number of rotatable bonds is 12. The normalized spacial score (nSPS) is 11.3. The molecule has 0 aromatic heterocycles. The minimum Gasteiger partial charge on any atom is -0.494 e. The summed E-state index contributed by atoms with van der Waals surface area (Å²) >= 11 is 0. The standard InChI is InChI=1S/C20H36N4O2.HI/c1-6-21-20(22-11-8-12-24(4)13-14-25-5)23-16-18-10-9-17(3)15-19(18)26-7-2;/h9-10,15H,6-8,11-14,16H2,1-5H3,(H2,21,22,23);1H. The maximum absolute atomic E-state index is 5.74. The number of guanidine groups is 1. The summed E-state index contributed by atoms with van der Waals surface area (Å²) in [5, 5.41) is 6.71. The zero-order valence-electron chi connectivity index (χ0n) is 17.5. The molecule has 0 unspecified atom stereocenters. The SMILES string of the molecule is CCNC(=NCc1ccc(C)cc1OCC)NCCCN(C)CCOC.I. The summed E-state index contributed by atoms with van der Waals surface area (Å²) in [7, 11) is 3.85. The number of ether oxygens (including phenoxy) is 2. The highest BCUT2D eigenvalue weighted by atomic mass is 127. The van der Waals surface area contributed by atoms with Gasteiger partial charge in [-0.3, -0.25) is 0 Å². The fraction of sp³-hybridized carbons (Fsp3) is 0.650. The van der Waals surface area contributed by atoms with Crippen molar-refractivity contribution in [3.8, 4) is 5.75 Å². The van der Waals surface area contributed by atoms with E-state index in [0.29, 0.717) is 13.2 Å². The van der Waals surface area contributed by atoms with Crippen LogP contribution in [0.4, 0.5) is 0 Å². The Morgan fingerprint density at radius 1 is 1.19 bits per heavy atom. The highest BCUT2D eigenvalue weighted by molar-refractivity contribution is 14.0. The van der Waals surface area contributed by atoms with Crippen LogP contribution < -0.4 is 15.4 Å². The lowest BCUT2D eigenvalue weighted by molar-refractivity contribution is 0.161. The van der Waals surface area contributed by atoms with Crippen LogP contribution in [0.2, 0.25) is 0 Å². The molecule has 0 spiro atoms. The van der Waals surface area contributed by atoms with Crippen molar-refractivity contribution >= 4 is 29.9 Å². The van der Waals surface area contributed by atoms with E-state index in [1.165, 1.54) is 5.56 Å². The fourth-order valence-corrected chi connectivity index (χ4v) is 2.50. The molecule has 0 atom stereocenters. The molecule has 156 valence electrons. The Bertz CT molecular complexity index is 541. The first-order valence-corrected chi connectivity index (χ1v) is 9.52. The molecule has 0 saturated carbocycles. The van der Waals surface area contributed by atoms with Crippen molar-refractivity contribution in [2.75, 3.05) is 53.6 Å². The Morgan fingerprint density at radius 3 is 2.63 bits per heavy atom. The molecule has 0 aliphatic rings. The van der Waals surface area contributed by atoms with Gasteiger partial charge >= 0.3 is 0 Å². The smallest absolute Gasteiger partial charge is 0.191 e. The molecule has 27 heavy (non-hydrogen) atoms. The maximum atomic E-state index is 5.74. The lowest BCUT2D eigenvalue weighted by Gasteiger charge is -2.17. The second kappa shape index (κ2) is 15.9. The van der Waals surface area contributed by atoms with E-state index in [1.807, 2.05) is 6.92 Å². The first kappa shape index (κ1) is 25.9. The quantitative estimate of drug-likeness (QED) is 0.203. The van der Waals surface area contributed by atoms with Gasteiger partial charge in [-0.2, -0.15) is 0 Å². The molecule has 0 fully saturated rings. The molecular formula is C20H37IN4O2. The average molecular weight is 492 g/mol. The largest absolute Gasteiger partial charge is 0.494 e. The Hall–Kier alpha value is -1.06. The lowest BCUT2D eigenvalue weighted by Crippen LogP contribution is -2.38. The van der Waals surface area contributed by atoms with Crippen molar-refractivity contribution in [2.24, 2.45) is 4.99 Å². The number of methoxy groups -OCH3 is 1. The van der Waals surface area contributed by atoms with Crippen LogP contribution in [-0.4, -0.2) is 64.4 Å². The summed E-state index contributed by atoms with van der Waals surface area (Å²) in [6.07, 6.45) is 1.05. The Balaban J connectivity index is 0.00000676. The third kappa shape index (κ3) is 11.4. The number of hydrogen-bond acceptors (Lipinski definition) is 4. The molecule has 1 aromatic carbocycles. The van der Waals surface area contributed by atoms with Gasteiger partial charge in [-0.05, 0) is 52.4 Å². The van der Waals surface area contributed by atoms with Crippen molar-refractivity contribution in [3.05, 3.63) is 29.3 Å². The number of aliphatic imine (C=N–C) groups is 1. The summed E-state index contributed by atoms with van der Waals surface area (Å²) in [6, 6.07) is 6.27. The zero-order valence-corrected chi connectivity index (χ0v) is 19.8. The summed E-state index contributed by atoms with van der Waals surface area (Å²) in [5.74, 6) is 1.77. The van der Waals surface area contributed by atoms with E-state index in [9.17, 15) is 0 Å². The van der Waals surface area contributed by atoms with Crippen molar-refractivity contribution in [3.63, 3.8) is 0 Å². The van der Waals surface area contributed by atoms with Crippen molar-refractivity contribution in [1.29, 1.82) is 0 Å². The van der Waals surface area contributed by atoms with E-state index in [1.54, 1.807) is 7.11 Å². The van der Waals surface area contributed by atoms with Crippen LogP contribution in [0, 0.1) is 6.92 Å². The van der Waals surface area contributed by atoms with Crippen LogP contribution in [0.5, 0.6) is 5.75 Å². The van der Waals surface area contributed by atoms with Gasteiger partial charge in [-0.15, -0.1) is 24.0 Å². The van der Waals surface area contributed by atoms with E-state index < -0.39 is 0 Å². The van der Waals surface area contributed by atoms with E-state index in [2.05, 4.69) is 54.6 Å². The van der Waals surface area contributed by atoms with Crippen molar-refractivity contribution < 1.29 is 9.47 Å². The molecule has 0 saturated heterocycles. The topological polar surface area (TPSA) is 58.1 Å². The van der Waals surface area contributed by atoms with Gasteiger partial charge in [-0.25, -0.2) is 4.99 Å². The van der Waals surface area contributed by atoms with Crippen LogP contribution in [-0.2, 0) is 11.3 Å². The van der Waals surface area contributed by atoms with Gasteiger partial charge in [0.25, 0.3) is 0 Å².